The van der Waals surface area contributed by atoms with Crippen molar-refractivity contribution >= 4 is 17.7 Å². The molecule has 1 aliphatic carbocycles. The summed E-state index contributed by atoms with van der Waals surface area (Å²) in [7, 11) is 0. The van der Waals surface area contributed by atoms with Crippen molar-refractivity contribution in [2.24, 2.45) is 11.8 Å². The summed E-state index contributed by atoms with van der Waals surface area (Å²) in [4.78, 5) is 48.8. The predicted octanol–water partition coefficient (Wildman–Crippen LogP) is 3.44. The first kappa shape index (κ1) is 28.3. The molecular weight excluding hydrogens is 494 g/mol. The number of aliphatic hydroxyl groups excluding tert-OH is 1. The molecule has 3 amide bonds. The Bertz CT molecular complexity index is 991. The maximum atomic E-state index is 14.5. The second-order valence-corrected chi connectivity index (χ2v) is 12.2. The molecule has 8 heteroatoms. The van der Waals surface area contributed by atoms with Gasteiger partial charge in [0, 0.05) is 38.8 Å². The molecule has 216 valence electrons. The van der Waals surface area contributed by atoms with Crippen molar-refractivity contribution in [3.05, 3.63) is 24.3 Å². The quantitative estimate of drug-likeness (QED) is 0.338. The van der Waals surface area contributed by atoms with Gasteiger partial charge in [0.2, 0.25) is 17.7 Å². The van der Waals surface area contributed by atoms with Gasteiger partial charge in [-0.15, -0.1) is 0 Å². The predicted molar refractivity (Wildman–Crippen MR) is 149 cm³/mol. The van der Waals surface area contributed by atoms with E-state index in [9.17, 15) is 19.5 Å². The Balaban J connectivity index is 1.55. The third-order valence-corrected chi connectivity index (χ3v) is 9.87. The number of ether oxygens (including phenoxy) is 1. The highest BCUT2D eigenvalue weighted by atomic mass is 16.5. The second kappa shape index (κ2) is 11.7. The summed E-state index contributed by atoms with van der Waals surface area (Å²) >= 11 is 0. The molecule has 5 rings (SSSR count). The van der Waals surface area contributed by atoms with E-state index >= 15 is 0 Å². The third-order valence-electron chi connectivity index (χ3n) is 9.87. The number of amides is 3. The SMILES string of the molecule is CCCN1CC=C[C@@]2(CC)O[C@]34C=CCN(C5CCCCC5)C(=O)C3N(CCCCCCO)C(=O)[C@@H]4[C@H]2C1=O. The number of nitrogens with zero attached hydrogens (tertiary/aromatic N) is 3. The average molecular weight is 542 g/mol. The lowest BCUT2D eigenvalue weighted by Gasteiger charge is -2.40. The largest absolute Gasteiger partial charge is 0.396 e. The Kier molecular flexibility index (Phi) is 8.53. The number of aliphatic hydroxyl groups is 1. The standard InChI is InChI=1S/C31H47N3O5/c1-3-18-32-19-12-16-30(4-2)24(27(32)36)25-28(37)34(20-10-5-6-11-22-35)26-29(38)33(23-14-8-7-9-15-23)21-13-17-31(25,26)39-30/h12-13,16-17,23-26,35H,3-11,14-15,18-22H2,1-2H3/t24-,25-,26?,30+,31-/m0/s1. The van der Waals surface area contributed by atoms with Crippen molar-refractivity contribution in [2.45, 2.75) is 108 Å². The van der Waals surface area contributed by atoms with Crippen LogP contribution in [0.1, 0.15) is 84.5 Å². The molecule has 1 unspecified atom stereocenters. The Morgan fingerprint density at radius 1 is 0.872 bits per heavy atom. The summed E-state index contributed by atoms with van der Waals surface area (Å²) in [5.74, 6) is -1.55. The van der Waals surface area contributed by atoms with E-state index in [0.29, 0.717) is 32.6 Å². The van der Waals surface area contributed by atoms with Crippen LogP contribution < -0.4 is 0 Å². The number of hydrogen-bond donors (Lipinski definition) is 1. The zero-order valence-corrected chi connectivity index (χ0v) is 23.9. The Morgan fingerprint density at radius 3 is 2.33 bits per heavy atom. The fourth-order valence-corrected chi connectivity index (χ4v) is 8.01. The van der Waals surface area contributed by atoms with E-state index in [0.717, 1.165) is 57.8 Å². The van der Waals surface area contributed by atoms with Crippen molar-refractivity contribution in [1.29, 1.82) is 0 Å². The highest BCUT2D eigenvalue weighted by Crippen LogP contribution is 2.58. The molecule has 0 aromatic carbocycles. The van der Waals surface area contributed by atoms with Crippen LogP contribution >= 0.6 is 0 Å². The van der Waals surface area contributed by atoms with E-state index in [4.69, 9.17) is 4.74 Å². The molecule has 5 aliphatic rings. The maximum Gasteiger partial charge on any atom is 0.249 e. The minimum atomic E-state index is -1.15. The lowest BCUT2D eigenvalue weighted by Crippen LogP contribution is -2.57. The van der Waals surface area contributed by atoms with Crippen molar-refractivity contribution in [3.8, 4) is 0 Å². The molecule has 0 aromatic rings. The summed E-state index contributed by atoms with van der Waals surface area (Å²) in [6.07, 6.45) is 18.1. The molecule has 0 bridgehead atoms. The summed E-state index contributed by atoms with van der Waals surface area (Å²) in [5.41, 5.74) is -2.06. The zero-order chi connectivity index (χ0) is 27.6. The van der Waals surface area contributed by atoms with E-state index in [-0.39, 0.29) is 30.4 Å². The fraction of sp³-hybridized carbons (Fsp3) is 0.774. The van der Waals surface area contributed by atoms with E-state index in [1.807, 2.05) is 41.0 Å². The number of unbranched alkanes of at least 4 members (excludes halogenated alkanes) is 3. The van der Waals surface area contributed by atoms with Gasteiger partial charge in [0.1, 0.15) is 11.6 Å². The monoisotopic (exact) mass is 541 g/mol. The smallest absolute Gasteiger partial charge is 0.249 e. The molecule has 3 fully saturated rings. The van der Waals surface area contributed by atoms with E-state index in [1.54, 1.807) is 4.90 Å². The molecule has 4 aliphatic heterocycles. The highest BCUT2D eigenvalue weighted by Gasteiger charge is 2.75. The van der Waals surface area contributed by atoms with Crippen LogP contribution in [0, 0.1) is 11.8 Å². The Labute approximate surface area is 233 Å². The van der Waals surface area contributed by atoms with E-state index < -0.39 is 29.1 Å². The number of rotatable bonds is 10. The molecule has 5 atom stereocenters. The summed E-state index contributed by atoms with van der Waals surface area (Å²) in [6, 6.07) is -0.579. The van der Waals surface area contributed by atoms with Gasteiger partial charge in [-0.25, -0.2) is 0 Å². The van der Waals surface area contributed by atoms with Crippen LogP contribution in [0.2, 0.25) is 0 Å². The lowest BCUT2D eigenvalue weighted by atomic mass is 9.73. The summed E-state index contributed by atoms with van der Waals surface area (Å²) in [5, 5.41) is 9.19. The molecular formula is C31H47N3O5. The van der Waals surface area contributed by atoms with Gasteiger partial charge >= 0.3 is 0 Å². The van der Waals surface area contributed by atoms with Gasteiger partial charge in [-0.1, -0.05) is 70.3 Å². The Hall–Kier alpha value is -2.19. The van der Waals surface area contributed by atoms with Gasteiger partial charge < -0.3 is 24.5 Å². The van der Waals surface area contributed by atoms with Crippen LogP contribution in [0.4, 0.5) is 0 Å². The number of likely N-dealkylation sites (tertiary alicyclic amines) is 1. The molecule has 0 aromatic heterocycles. The number of fused-ring (bicyclic) bond motifs is 2. The van der Waals surface area contributed by atoms with Gasteiger partial charge in [0.05, 0.1) is 17.4 Å². The molecule has 4 heterocycles. The normalized spacial score (nSPS) is 34.8. The molecule has 8 nitrogen and oxygen atoms in total. The first-order valence-electron chi connectivity index (χ1n) is 15.5. The van der Waals surface area contributed by atoms with Gasteiger partial charge in [0.15, 0.2) is 0 Å². The molecule has 1 saturated carbocycles. The first-order valence-corrected chi connectivity index (χ1v) is 15.5. The van der Waals surface area contributed by atoms with Crippen LogP contribution in [0.15, 0.2) is 24.3 Å². The van der Waals surface area contributed by atoms with Crippen molar-refractivity contribution in [2.75, 3.05) is 32.8 Å². The fourth-order valence-electron chi connectivity index (χ4n) is 8.01. The third kappa shape index (κ3) is 4.75. The zero-order valence-electron chi connectivity index (χ0n) is 23.9. The second-order valence-electron chi connectivity index (χ2n) is 12.2. The van der Waals surface area contributed by atoms with Crippen molar-refractivity contribution in [1.82, 2.24) is 14.7 Å². The summed E-state index contributed by atoms with van der Waals surface area (Å²) in [6.45, 7) is 6.37. The molecule has 0 radical (unpaired) electrons. The highest BCUT2D eigenvalue weighted by molar-refractivity contribution is 6.00. The average Bonchev–Trinajstić information content (AvgIpc) is 3.23. The van der Waals surface area contributed by atoms with Crippen molar-refractivity contribution < 1.29 is 24.2 Å². The van der Waals surface area contributed by atoms with Gasteiger partial charge in [-0.3, -0.25) is 14.4 Å². The van der Waals surface area contributed by atoms with Gasteiger partial charge in [0.25, 0.3) is 0 Å². The minimum Gasteiger partial charge on any atom is -0.396 e. The van der Waals surface area contributed by atoms with Gasteiger partial charge in [-0.05, 0) is 38.5 Å². The number of carbonyl (C=O) groups excluding carboxylic acids is 3. The van der Waals surface area contributed by atoms with Crippen LogP contribution in [-0.4, -0.2) is 93.6 Å². The van der Waals surface area contributed by atoms with Crippen LogP contribution in [-0.2, 0) is 19.1 Å². The Morgan fingerprint density at radius 2 is 1.62 bits per heavy atom. The first-order chi connectivity index (χ1) is 18.9. The van der Waals surface area contributed by atoms with E-state index in [1.165, 1.54) is 6.42 Å². The summed E-state index contributed by atoms with van der Waals surface area (Å²) < 4.78 is 7.06. The minimum absolute atomic E-state index is 0.0253. The lowest BCUT2D eigenvalue weighted by molar-refractivity contribution is -0.155. The van der Waals surface area contributed by atoms with Crippen LogP contribution in [0.5, 0.6) is 0 Å². The number of carbonyl (C=O) groups is 3. The molecule has 1 N–H and O–H groups in total. The van der Waals surface area contributed by atoms with Crippen LogP contribution in [0.25, 0.3) is 0 Å². The molecule has 2 saturated heterocycles. The molecule has 39 heavy (non-hydrogen) atoms. The molecule has 1 spiro atoms. The van der Waals surface area contributed by atoms with Crippen LogP contribution in [0.3, 0.4) is 0 Å². The number of hydrogen-bond acceptors (Lipinski definition) is 5. The topological polar surface area (TPSA) is 90.4 Å². The maximum absolute atomic E-state index is 14.5. The van der Waals surface area contributed by atoms with Gasteiger partial charge in [-0.2, -0.15) is 0 Å². The van der Waals surface area contributed by atoms with E-state index in [2.05, 4.69) is 6.92 Å². The van der Waals surface area contributed by atoms with Crippen molar-refractivity contribution in [3.63, 3.8) is 0 Å².